The van der Waals surface area contributed by atoms with Gasteiger partial charge in [-0.2, -0.15) is 0 Å². The molecule has 2 aromatic carbocycles. The fourth-order valence-corrected chi connectivity index (χ4v) is 3.67. The van der Waals surface area contributed by atoms with Crippen molar-refractivity contribution in [1.82, 2.24) is 0 Å². The normalized spacial score (nSPS) is 15.4. The first-order chi connectivity index (χ1) is 8.49. The van der Waals surface area contributed by atoms with Crippen LogP contribution < -0.4 is 4.72 Å². The summed E-state index contributed by atoms with van der Waals surface area (Å²) in [6, 6.07) is 10.1. The van der Waals surface area contributed by atoms with Gasteiger partial charge in [-0.15, -0.1) is 0 Å². The molecule has 1 heterocycles. The van der Waals surface area contributed by atoms with E-state index >= 15 is 0 Å². The average molecular weight is 300 g/mol. The molecule has 0 saturated carbocycles. The third-order valence-corrected chi connectivity index (χ3v) is 4.90. The first-order valence-electron chi connectivity index (χ1n) is 5.10. The van der Waals surface area contributed by atoms with E-state index in [0.29, 0.717) is 16.3 Å². The Hall–Kier alpha value is -1.23. The lowest BCUT2D eigenvalue weighted by atomic mass is 10.0. The number of anilines is 1. The van der Waals surface area contributed by atoms with Crippen LogP contribution in [0.3, 0.4) is 0 Å². The predicted octanol–water partition coefficient (Wildman–Crippen LogP) is 3.77. The van der Waals surface area contributed by atoms with Crippen LogP contribution in [0.15, 0.2) is 41.3 Å². The minimum absolute atomic E-state index is 0.149. The van der Waals surface area contributed by atoms with Gasteiger partial charge in [0.25, 0.3) is 10.0 Å². The molecular weight excluding hydrogens is 293 g/mol. The van der Waals surface area contributed by atoms with Crippen molar-refractivity contribution in [3.8, 4) is 11.1 Å². The highest BCUT2D eigenvalue weighted by Gasteiger charge is 2.28. The summed E-state index contributed by atoms with van der Waals surface area (Å²) >= 11 is 11.8. The van der Waals surface area contributed by atoms with E-state index in [1.54, 1.807) is 18.2 Å². The lowest BCUT2D eigenvalue weighted by Crippen LogP contribution is -2.18. The minimum Gasteiger partial charge on any atom is -0.279 e. The second-order valence-electron chi connectivity index (χ2n) is 3.91. The number of halogens is 2. The molecule has 18 heavy (non-hydrogen) atoms. The molecule has 3 rings (SSSR count). The van der Waals surface area contributed by atoms with E-state index in [-0.39, 0.29) is 9.92 Å². The minimum atomic E-state index is -3.59. The average Bonchev–Trinajstić information content (AvgIpc) is 2.31. The Bertz CT molecular complexity index is 757. The highest BCUT2D eigenvalue weighted by Crippen LogP contribution is 2.42. The summed E-state index contributed by atoms with van der Waals surface area (Å²) in [5, 5.41) is 0.558. The second-order valence-corrected chi connectivity index (χ2v) is 6.38. The van der Waals surface area contributed by atoms with Crippen molar-refractivity contribution in [3.05, 3.63) is 46.4 Å². The van der Waals surface area contributed by atoms with Gasteiger partial charge in [-0.05, 0) is 18.2 Å². The molecule has 0 aromatic heterocycles. The van der Waals surface area contributed by atoms with Gasteiger partial charge < -0.3 is 0 Å². The topological polar surface area (TPSA) is 46.2 Å². The van der Waals surface area contributed by atoms with Crippen molar-refractivity contribution in [2.24, 2.45) is 0 Å². The Morgan fingerprint density at radius 1 is 0.944 bits per heavy atom. The van der Waals surface area contributed by atoms with Crippen molar-refractivity contribution in [3.63, 3.8) is 0 Å². The Labute approximate surface area is 114 Å². The van der Waals surface area contributed by atoms with Crippen molar-refractivity contribution in [2.45, 2.75) is 4.90 Å². The van der Waals surface area contributed by atoms with E-state index in [1.165, 1.54) is 6.07 Å². The third kappa shape index (κ3) is 1.68. The number of fused-ring (bicyclic) bond motifs is 3. The molecule has 1 aliphatic heterocycles. The Kier molecular flexibility index (Phi) is 2.55. The van der Waals surface area contributed by atoms with Crippen LogP contribution >= 0.6 is 23.2 Å². The van der Waals surface area contributed by atoms with Gasteiger partial charge in [0.05, 0.1) is 20.6 Å². The van der Waals surface area contributed by atoms with Crippen molar-refractivity contribution < 1.29 is 8.42 Å². The standard InChI is InChI=1S/C12H7Cl2NO2S/c13-9-5-8-7-3-1-2-4-11(7)15-18(16,17)12(8)6-10(9)14/h1-6,15H. The predicted molar refractivity (Wildman–Crippen MR) is 72.7 cm³/mol. The molecule has 0 spiro atoms. The molecule has 0 radical (unpaired) electrons. The van der Waals surface area contributed by atoms with Crippen LogP contribution in [-0.4, -0.2) is 8.42 Å². The molecule has 6 heteroatoms. The summed E-state index contributed by atoms with van der Waals surface area (Å²) in [5.74, 6) is 0. The molecular formula is C12H7Cl2NO2S. The number of para-hydroxylation sites is 1. The number of hydrogen-bond donors (Lipinski definition) is 1. The van der Waals surface area contributed by atoms with Gasteiger partial charge in [0.2, 0.25) is 0 Å². The lowest BCUT2D eigenvalue weighted by molar-refractivity contribution is 0.601. The molecule has 3 nitrogen and oxygen atoms in total. The second kappa shape index (κ2) is 3.88. The Balaban J connectivity index is 2.43. The van der Waals surface area contributed by atoms with E-state index in [2.05, 4.69) is 4.72 Å². The molecule has 92 valence electrons. The SMILES string of the molecule is O=S1(=O)Nc2ccccc2-c2cc(Cl)c(Cl)cc21. The molecule has 0 fully saturated rings. The van der Waals surface area contributed by atoms with Crippen LogP contribution in [0.4, 0.5) is 5.69 Å². The molecule has 1 N–H and O–H groups in total. The van der Waals surface area contributed by atoms with Crippen LogP contribution in [0.5, 0.6) is 0 Å². The maximum atomic E-state index is 12.1. The van der Waals surface area contributed by atoms with Crippen molar-refractivity contribution in [2.75, 3.05) is 4.72 Å². The van der Waals surface area contributed by atoms with E-state index in [1.807, 2.05) is 12.1 Å². The zero-order valence-electron chi connectivity index (χ0n) is 8.94. The smallest absolute Gasteiger partial charge is 0.262 e. The fourth-order valence-electron chi connectivity index (χ4n) is 1.97. The van der Waals surface area contributed by atoms with Crippen molar-refractivity contribution >= 4 is 38.9 Å². The summed E-state index contributed by atoms with van der Waals surface area (Å²) in [4.78, 5) is 0.149. The van der Waals surface area contributed by atoms with Crippen LogP contribution in [0.25, 0.3) is 11.1 Å². The quantitative estimate of drug-likeness (QED) is 0.805. The largest absolute Gasteiger partial charge is 0.279 e. The van der Waals surface area contributed by atoms with Crippen LogP contribution in [0, 0.1) is 0 Å². The van der Waals surface area contributed by atoms with Gasteiger partial charge in [-0.3, -0.25) is 4.72 Å². The summed E-state index contributed by atoms with van der Waals surface area (Å²) < 4.78 is 26.7. The highest BCUT2D eigenvalue weighted by molar-refractivity contribution is 7.93. The molecule has 1 aliphatic rings. The molecule has 0 amide bonds. The first-order valence-corrected chi connectivity index (χ1v) is 7.34. The van der Waals surface area contributed by atoms with Crippen LogP contribution in [0.2, 0.25) is 10.0 Å². The maximum Gasteiger partial charge on any atom is 0.262 e. The molecule has 0 unspecified atom stereocenters. The van der Waals surface area contributed by atoms with Gasteiger partial charge in [-0.1, -0.05) is 41.4 Å². The van der Waals surface area contributed by atoms with E-state index in [0.717, 1.165) is 5.56 Å². The van der Waals surface area contributed by atoms with Crippen LogP contribution in [0.1, 0.15) is 0 Å². The zero-order chi connectivity index (χ0) is 12.9. The molecule has 2 aromatic rings. The summed E-state index contributed by atoms with van der Waals surface area (Å²) in [7, 11) is -3.59. The maximum absolute atomic E-state index is 12.1. The van der Waals surface area contributed by atoms with Gasteiger partial charge in [0.15, 0.2) is 0 Å². The van der Waals surface area contributed by atoms with Gasteiger partial charge in [-0.25, -0.2) is 8.42 Å². The first kappa shape index (κ1) is 11.8. The van der Waals surface area contributed by atoms with Crippen molar-refractivity contribution in [1.29, 1.82) is 0 Å². The van der Waals surface area contributed by atoms with Gasteiger partial charge in [0.1, 0.15) is 0 Å². The van der Waals surface area contributed by atoms with E-state index in [4.69, 9.17) is 23.2 Å². The summed E-state index contributed by atoms with van der Waals surface area (Å²) in [6.45, 7) is 0. The number of nitrogens with one attached hydrogen (secondary N) is 1. The molecule has 0 atom stereocenters. The molecule has 0 saturated heterocycles. The summed E-state index contributed by atoms with van der Waals surface area (Å²) in [5.41, 5.74) is 1.91. The van der Waals surface area contributed by atoms with E-state index < -0.39 is 10.0 Å². The summed E-state index contributed by atoms with van der Waals surface area (Å²) in [6.07, 6.45) is 0. The molecule has 0 bridgehead atoms. The highest BCUT2D eigenvalue weighted by atomic mass is 35.5. The Morgan fingerprint density at radius 3 is 2.39 bits per heavy atom. The lowest BCUT2D eigenvalue weighted by Gasteiger charge is -2.21. The zero-order valence-corrected chi connectivity index (χ0v) is 11.3. The van der Waals surface area contributed by atoms with E-state index in [9.17, 15) is 8.42 Å². The van der Waals surface area contributed by atoms with Crippen LogP contribution in [-0.2, 0) is 10.0 Å². The number of sulfonamides is 1. The number of hydrogen-bond acceptors (Lipinski definition) is 2. The fraction of sp³-hybridized carbons (Fsp3) is 0. The number of benzene rings is 2. The Morgan fingerprint density at radius 2 is 1.61 bits per heavy atom. The van der Waals surface area contributed by atoms with Gasteiger partial charge in [0, 0.05) is 11.1 Å². The molecule has 0 aliphatic carbocycles. The number of rotatable bonds is 0. The third-order valence-electron chi connectivity index (χ3n) is 2.77. The monoisotopic (exact) mass is 299 g/mol. The van der Waals surface area contributed by atoms with Gasteiger partial charge >= 0.3 is 0 Å².